The molecular formula is C17H23F3N2OS. The summed E-state index contributed by atoms with van der Waals surface area (Å²) in [5.41, 5.74) is -3.91. The zero-order valence-corrected chi connectivity index (χ0v) is 14.6. The molecule has 0 saturated carbocycles. The highest BCUT2D eigenvalue weighted by Crippen LogP contribution is 2.36. The molecule has 0 atom stereocenters. The van der Waals surface area contributed by atoms with Gasteiger partial charge in [0.05, 0.1) is 0 Å². The topological polar surface area (TPSA) is 32.3 Å². The summed E-state index contributed by atoms with van der Waals surface area (Å²) >= 11 is -0.174. The van der Waals surface area contributed by atoms with Crippen LogP contribution < -0.4 is 5.32 Å². The average Bonchev–Trinajstić information content (AvgIpc) is 2.53. The Morgan fingerprint density at radius 1 is 1.25 bits per heavy atom. The standard InChI is InChI=1S/C17H23F3N2OS/c1-2-3-10-22-11-8-14(9-12-22)21-16(23)13-4-6-15(7-5-13)24-17(18,19)20/h4-7,14H,2-3,8-12H2,1H3,(H,21,23). The molecule has 7 heteroatoms. The number of thioether (sulfide) groups is 1. The lowest BCUT2D eigenvalue weighted by Crippen LogP contribution is -2.44. The molecule has 134 valence electrons. The van der Waals surface area contributed by atoms with Gasteiger partial charge in [0.25, 0.3) is 5.91 Å². The number of rotatable bonds is 6. The first-order valence-electron chi connectivity index (χ1n) is 8.26. The van der Waals surface area contributed by atoms with Crippen LogP contribution in [0.4, 0.5) is 13.2 Å². The second-order valence-electron chi connectivity index (χ2n) is 6.02. The number of carbonyl (C=O) groups is 1. The van der Waals surface area contributed by atoms with E-state index in [0.717, 1.165) is 32.5 Å². The van der Waals surface area contributed by atoms with Crippen molar-refractivity contribution in [2.24, 2.45) is 0 Å². The van der Waals surface area contributed by atoms with E-state index in [4.69, 9.17) is 0 Å². The van der Waals surface area contributed by atoms with E-state index in [0.29, 0.717) is 5.56 Å². The van der Waals surface area contributed by atoms with Gasteiger partial charge >= 0.3 is 5.51 Å². The number of amides is 1. The summed E-state index contributed by atoms with van der Waals surface area (Å²) < 4.78 is 36.9. The molecule has 1 aliphatic heterocycles. The summed E-state index contributed by atoms with van der Waals surface area (Å²) in [6, 6.07) is 5.69. The first-order valence-corrected chi connectivity index (χ1v) is 9.08. The second kappa shape index (κ2) is 8.76. The predicted octanol–water partition coefficient (Wildman–Crippen LogP) is 4.29. The van der Waals surface area contributed by atoms with E-state index in [1.54, 1.807) is 0 Å². The van der Waals surface area contributed by atoms with Crippen molar-refractivity contribution in [2.75, 3.05) is 19.6 Å². The van der Waals surface area contributed by atoms with Gasteiger partial charge in [-0.05, 0) is 61.8 Å². The van der Waals surface area contributed by atoms with Crippen molar-refractivity contribution in [2.45, 2.75) is 49.1 Å². The Hall–Kier alpha value is -1.21. The molecule has 24 heavy (non-hydrogen) atoms. The van der Waals surface area contributed by atoms with Gasteiger partial charge in [0, 0.05) is 29.6 Å². The minimum absolute atomic E-state index is 0.0864. The molecule has 1 heterocycles. The molecule has 0 unspecified atom stereocenters. The fourth-order valence-electron chi connectivity index (χ4n) is 2.76. The van der Waals surface area contributed by atoms with Crippen LogP contribution in [-0.2, 0) is 0 Å². The molecule has 1 saturated heterocycles. The number of piperidine rings is 1. The maximum Gasteiger partial charge on any atom is 0.446 e. The van der Waals surface area contributed by atoms with Crippen molar-refractivity contribution in [3.8, 4) is 0 Å². The van der Waals surface area contributed by atoms with Crippen LogP contribution >= 0.6 is 11.8 Å². The number of nitrogens with one attached hydrogen (secondary N) is 1. The van der Waals surface area contributed by atoms with Crippen LogP contribution in [0.3, 0.4) is 0 Å². The average molecular weight is 360 g/mol. The minimum Gasteiger partial charge on any atom is -0.349 e. The van der Waals surface area contributed by atoms with Gasteiger partial charge in [0.1, 0.15) is 0 Å². The molecule has 1 aromatic carbocycles. The van der Waals surface area contributed by atoms with Gasteiger partial charge < -0.3 is 10.2 Å². The first-order chi connectivity index (χ1) is 11.4. The van der Waals surface area contributed by atoms with Crippen LogP contribution in [0.25, 0.3) is 0 Å². The number of likely N-dealkylation sites (tertiary alicyclic amines) is 1. The van der Waals surface area contributed by atoms with Crippen LogP contribution in [-0.4, -0.2) is 42.0 Å². The molecule has 1 fully saturated rings. The van der Waals surface area contributed by atoms with E-state index in [9.17, 15) is 18.0 Å². The highest BCUT2D eigenvalue weighted by atomic mass is 32.2. The predicted molar refractivity (Wildman–Crippen MR) is 90.2 cm³/mol. The van der Waals surface area contributed by atoms with Crippen molar-refractivity contribution in [3.63, 3.8) is 0 Å². The van der Waals surface area contributed by atoms with E-state index in [1.165, 1.54) is 37.1 Å². The van der Waals surface area contributed by atoms with Crippen LogP contribution in [0.5, 0.6) is 0 Å². The maximum atomic E-state index is 12.3. The number of alkyl halides is 3. The van der Waals surface area contributed by atoms with Crippen LogP contribution in [0.15, 0.2) is 29.2 Å². The lowest BCUT2D eigenvalue weighted by atomic mass is 10.0. The molecule has 3 nitrogen and oxygen atoms in total. The molecule has 1 N–H and O–H groups in total. The van der Waals surface area contributed by atoms with Crippen molar-refractivity contribution in [3.05, 3.63) is 29.8 Å². The highest BCUT2D eigenvalue weighted by molar-refractivity contribution is 8.00. The van der Waals surface area contributed by atoms with Gasteiger partial charge in [-0.3, -0.25) is 4.79 Å². The van der Waals surface area contributed by atoms with E-state index in [2.05, 4.69) is 17.1 Å². The second-order valence-corrected chi connectivity index (χ2v) is 7.15. The summed E-state index contributed by atoms with van der Waals surface area (Å²) in [4.78, 5) is 14.7. The minimum atomic E-state index is -4.31. The largest absolute Gasteiger partial charge is 0.446 e. The van der Waals surface area contributed by atoms with Gasteiger partial charge in [-0.1, -0.05) is 13.3 Å². The number of carbonyl (C=O) groups excluding carboxylic acids is 1. The van der Waals surface area contributed by atoms with Crippen molar-refractivity contribution >= 4 is 17.7 Å². The molecule has 0 aromatic heterocycles. The normalized spacial score (nSPS) is 17.0. The van der Waals surface area contributed by atoms with Crippen molar-refractivity contribution in [1.82, 2.24) is 10.2 Å². The van der Waals surface area contributed by atoms with Crippen LogP contribution in [0.1, 0.15) is 43.0 Å². The number of unbranched alkanes of at least 4 members (excludes halogenated alkanes) is 1. The van der Waals surface area contributed by atoms with Gasteiger partial charge in [-0.15, -0.1) is 0 Å². The molecule has 0 bridgehead atoms. The third-order valence-electron chi connectivity index (χ3n) is 4.10. The summed E-state index contributed by atoms with van der Waals surface area (Å²) in [5.74, 6) is -0.217. The summed E-state index contributed by atoms with van der Waals surface area (Å²) in [6.07, 6.45) is 4.20. The van der Waals surface area contributed by atoms with Gasteiger partial charge in [0.15, 0.2) is 0 Å². The molecule has 2 rings (SSSR count). The third-order valence-corrected chi connectivity index (χ3v) is 4.84. The van der Waals surface area contributed by atoms with Crippen molar-refractivity contribution < 1.29 is 18.0 Å². The summed E-state index contributed by atoms with van der Waals surface area (Å²) in [5, 5.41) is 2.98. The van der Waals surface area contributed by atoms with Crippen molar-refractivity contribution in [1.29, 1.82) is 0 Å². The maximum absolute atomic E-state index is 12.3. The Morgan fingerprint density at radius 2 is 1.88 bits per heavy atom. The first kappa shape index (κ1) is 19.1. The summed E-state index contributed by atoms with van der Waals surface area (Å²) in [6.45, 7) is 5.24. The Labute approximate surface area is 145 Å². The Balaban J connectivity index is 1.80. The molecule has 0 spiro atoms. The lowest BCUT2D eigenvalue weighted by Gasteiger charge is -2.32. The zero-order valence-electron chi connectivity index (χ0n) is 13.7. The number of halogens is 3. The fraction of sp³-hybridized carbons (Fsp3) is 0.588. The highest BCUT2D eigenvalue weighted by Gasteiger charge is 2.29. The number of benzene rings is 1. The van der Waals surface area contributed by atoms with Crippen LogP contribution in [0.2, 0.25) is 0 Å². The van der Waals surface area contributed by atoms with E-state index in [1.807, 2.05) is 0 Å². The SMILES string of the molecule is CCCCN1CCC(NC(=O)c2ccc(SC(F)(F)F)cc2)CC1. The van der Waals surface area contributed by atoms with E-state index >= 15 is 0 Å². The molecule has 0 aliphatic carbocycles. The Kier molecular flexibility index (Phi) is 6.98. The number of hydrogen-bond donors (Lipinski definition) is 1. The summed E-state index contributed by atoms with van der Waals surface area (Å²) in [7, 11) is 0. The lowest BCUT2D eigenvalue weighted by molar-refractivity contribution is -0.0328. The Morgan fingerprint density at radius 3 is 2.42 bits per heavy atom. The van der Waals surface area contributed by atoms with Gasteiger partial charge in [-0.25, -0.2) is 0 Å². The number of hydrogen-bond acceptors (Lipinski definition) is 3. The smallest absolute Gasteiger partial charge is 0.349 e. The molecule has 1 amide bonds. The van der Waals surface area contributed by atoms with Gasteiger partial charge in [-0.2, -0.15) is 13.2 Å². The molecule has 1 aromatic rings. The number of nitrogens with zero attached hydrogens (tertiary/aromatic N) is 1. The zero-order chi connectivity index (χ0) is 17.6. The fourth-order valence-corrected chi connectivity index (χ4v) is 3.30. The third kappa shape index (κ3) is 6.36. The van der Waals surface area contributed by atoms with Gasteiger partial charge in [0.2, 0.25) is 0 Å². The molecule has 0 radical (unpaired) electrons. The van der Waals surface area contributed by atoms with Crippen LogP contribution in [0, 0.1) is 0 Å². The molecule has 1 aliphatic rings. The monoisotopic (exact) mass is 360 g/mol. The quantitative estimate of drug-likeness (QED) is 0.768. The Bertz CT molecular complexity index is 526. The van der Waals surface area contributed by atoms with E-state index in [-0.39, 0.29) is 28.6 Å². The van der Waals surface area contributed by atoms with E-state index < -0.39 is 5.51 Å². The molecular weight excluding hydrogens is 337 g/mol.